The van der Waals surface area contributed by atoms with Gasteiger partial charge in [-0.25, -0.2) is 0 Å². The molecule has 1 aromatic heterocycles. The van der Waals surface area contributed by atoms with E-state index in [2.05, 4.69) is 6.58 Å². The predicted octanol–water partition coefficient (Wildman–Crippen LogP) is 2.51. The summed E-state index contributed by atoms with van der Waals surface area (Å²) in [6.07, 6.45) is 5.28. The number of nitrogens with two attached hydrogens (primary N) is 1. The molecule has 0 aliphatic carbocycles. The summed E-state index contributed by atoms with van der Waals surface area (Å²) in [7, 11) is 0. The maximum absolute atomic E-state index is 12.5. The van der Waals surface area contributed by atoms with Crippen molar-refractivity contribution < 1.29 is 9.59 Å². The van der Waals surface area contributed by atoms with E-state index in [4.69, 9.17) is 18.0 Å². The third-order valence-corrected chi connectivity index (χ3v) is 5.00. The van der Waals surface area contributed by atoms with Gasteiger partial charge in [0.1, 0.15) is 10.9 Å². The van der Waals surface area contributed by atoms with E-state index in [1.807, 2.05) is 36.5 Å². The summed E-state index contributed by atoms with van der Waals surface area (Å²) in [5.41, 5.74) is 7.06. The number of hydrogen-bond acceptors (Lipinski definition) is 4. The van der Waals surface area contributed by atoms with Crippen molar-refractivity contribution in [3.05, 3.63) is 53.6 Å². The third kappa shape index (κ3) is 3.00. The summed E-state index contributed by atoms with van der Waals surface area (Å²) in [6.45, 7) is 4.13. The summed E-state index contributed by atoms with van der Waals surface area (Å²) in [6, 6.07) is 7.67. The molecule has 0 saturated carbocycles. The Morgan fingerprint density at radius 2 is 2.12 bits per heavy atom. The Bertz CT molecular complexity index is 898. The molecule has 1 fully saturated rings. The number of primary amides is 1. The van der Waals surface area contributed by atoms with E-state index in [-0.39, 0.29) is 12.5 Å². The molecule has 1 aliphatic rings. The fourth-order valence-corrected chi connectivity index (χ4v) is 3.88. The van der Waals surface area contributed by atoms with Crippen molar-refractivity contribution in [2.75, 3.05) is 6.54 Å². The fraction of sp³-hybridized carbons (Fsp3) is 0.118. The van der Waals surface area contributed by atoms with Crippen LogP contribution in [0.4, 0.5) is 0 Å². The normalized spacial score (nSPS) is 16.3. The average Bonchev–Trinajstić information content (AvgIpc) is 3.01. The molecule has 122 valence electrons. The van der Waals surface area contributed by atoms with Gasteiger partial charge in [0.25, 0.3) is 5.91 Å². The Morgan fingerprint density at radius 1 is 1.38 bits per heavy atom. The number of amides is 2. The van der Waals surface area contributed by atoms with E-state index in [0.29, 0.717) is 15.8 Å². The molecule has 3 rings (SSSR count). The van der Waals surface area contributed by atoms with Crippen molar-refractivity contribution in [3.8, 4) is 0 Å². The topological polar surface area (TPSA) is 68.3 Å². The number of hydrogen-bond donors (Lipinski definition) is 1. The molecule has 0 radical (unpaired) electrons. The molecule has 1 aliphatic heterocycles. The minimum atomic E-state index is -0.417. The highest BCUT2D eigenvalue weighted by Crippen LogP contribution is 2.34. The van der Waals surface area contributed by atoms with Crippen LogP contribution in [0.3, 0.4) is 0 Å². The zero-order chi connectivity index (χ0) is 17.3. The highest BCUT2D eigenvalue weighted by Gasteiger charge is 2.31. The lowest BCUT2D eigenvalue weighted by atomic mass is 10.1. The van der Waals surface area contributed by atoms with Crippen LogP contribution in [0.25, 0.3) is 17.0 Å². The van der Waals surface area contributed by atoms with Crippen molar-refractivity contribution >= 4 is 57.1 Å². The number of fused-ring (bicyclic) bond motifs is 1. The molecule has 2 amide bonds. The lowest BCUT2D eigenvalue weighted by Gasteiger charge is -2.10. The van der Waals surface area contributed by atoms with E-state index in [1.54, 1.807) is 10.6 Å². The molecule has 7 heteroatoms. The van der Waals surface area contributed by atoms with Crippen LogP contribution >= 0.6 is 24.0 Å². The molecule has 1 saturated heterocycles. The van der Waals surface area contributed by atoms with E-state index in [0.717, 1.165) is 16.5 Å². The second-order valence-corrected chi connectivity index (χ2v) is 6.95. The van der Waals surface area contributed by atoms with Crippen LogP contribution in [0.15, 0.2) is 48.0 Å². The molecule has 2 aromatic rings. The number of carbonyl (C=O) groups is 2. The monoisotopic (exact) mass is 357 g/mol. The number of para-hydroxylation sites is 1. The number of thioether (sulfide) groups is 1. The van der Waals surface area contributed by atoms with Gasteiger partial charge in [-0.15, -0.1) is 6.58 Å². The summed E-state index contributed by atoms with van der Waals surface area (Å²) in [5, 5.41) is 0.952. The number of thiocarbonyl (C=S) groups is 1. The largest absolute Gasteiger partial charge is 0.368 e. The second kappa shape index (κ2) is 6.62. The molecule has 0 bridgehead atoms. The molecule has 0 spiro atoms. The number of rotatable bonds is 5. The van der Waals surface area contributed by atoms with Crippen LogP contribution in [0.5, 0.6) is 0 Å². The van der Waals surface area contributed by atoms with Gasteiger partial charge >= 0.3 is 0 Å². The lowest BCUT2D eigenvalue weighted by molar-refractivity contribution is -0.122. The molecule has 5 nitrogen and oxygen atoms in total. The maximum Gasteiger partial charge on any atom is 0.266 e. The van der Waals surface area contributed by atoms with E-state index in [1.165, 1.54) is 16.7 Å². The van der Waals surface area contributed by atoms with Crippen molar-refractivity contribution in [2.24, 2.45) is 5.73 Å². The van der Waals surface area contributed by atoms with E-state index >= 15 is 0 Å². The minimum Gasteiger partial charge on any atom is -0.368 e. The maximum atomic E-state index is 12.5. The summed E-state index contributed by atoms with van der Waals surface area (Å²) in [4.78, 5) is 25.8. The molecule has 0 unspecified atom stereocenters. The zero-order valence-corrected chi connectivity index (χ0v) is 14.4. The molecule has 0 atom stereocenters. The quantitative estimate of drug-likeness (QED) is 0.507. The van der Waals surface area contributed by atoms with Gasteiger partial charge < -0.3 is 10.3 Å². The standard InChI is InChI=1S/C17H15N3O2S2/c1-2-7-20-16(22)14(24-17(20)23)8-11-9-19(10-15(18)21)13-6-4-3-5-12(11)13/h2-6,8-9H,1,7,10H2,(H2,18,21). The van der Waals surface area contributed by atoms with Gasteiger partial charge in [-0.05, 0) is 12.1 Å². The van der Waals surface area contributed by atoms with Gasteiger partial charge in [0, 0.05) is 29.2 Å². The SMILES string of the molecule is C=CCN1C(=O)C(=Cc2cn(CC(N)=O)c3ccccc23)SC1=S. The van der Waals surface area contributed by atoms with Crippen LogP contribution in [-0.2, 0) is 16.1 Å². The van der Waals surface area contributed by atoms with Gasteiger partial charge in [-0.1, -0.05) is 48.3 Å². The second-order valence-electron chi connectivity index (χ2n) is 5.28. The first-order chi connectivity index (χ1) is 11.5. The number of benzene rings is 1. The van der Waals surface area contributed by atoms with Crippen molar-refractivity contribution in [1.29, 1.82) is 0 Å². The first-order valence-corrected chi connectivity index (χ1v) is 8.46. The van der Waals surface area contributed by atoms with Crippen LogP contribution in [0, 0.1) is 0 Å². The average molecular weight is 357 g/mol. The number of carbonyl (C=O) groups excluding carboxylic acids is 2. The molecule has 24 heavy (non-hydrogen) atoms. The van der Waals surface area contributed by atoms with Gasteiger partial charge in [0.15, 0.2) is 0 Å². The highest BCUT2D eigenvalue weighted by molar-refractivity contribution is 8.26. The van der Waals surface area contributed by atoms with Gasteiger partial charge in [0.05, 0.1) is 4.91 Å². The molecular weight excluding hydrogens is 342 g/mol. The first kappa shape index (κ1) is 16.5. The van der Waals surface area contributed by atoms with Gasteiger partial charge in [-0.2, -0.15) is 0 Å². The van der Waals surface area contributed by atoms with Gasteiger partial charge in [0.2, 0.25) is 5.91 Å². The Labute approximate surface area is 148 Å². The Hall–Kier alpha value is -2.38. The van der Waals surface area contributed by atoms with Crippen molar-refractivity contribution in [3.63, 3.8) is 0 Å². The smallest absolute Gasteiger partial charge is 0.266 e. The number of nitrogens with zero attached hydrogens (tertiary/aromatic N) is 2. The predicted molar refractivity (Wildman–Crippen MR) is 101 cm³/mol. The highest BCUT2D eigenvalue weighted by atomic mass is 32.2. The summed E-state index contributed by atoms with van der Waals surface area (Å²) >= 11 is 6.52. The fourth-order valence-electron chi connectivity index (χ4n) is 2.62. The summed E-state index contributed by atoms with van der Waals surface area (Å²) < 4.78 is 2.31. The molecular formula is C17H15N3O2S2. The molecule has 2 heterocycles. The molecule has 2 N–H and O–H groups in total. The van der Waals surface area contributed by atoms with Crippen LogP contribution in [0.2, 0.25) is 0 Å². The van der Waals surface area contributed by atoms with E-state index < -0.39 is 5.91 Å². The minimum absolute atomic E-state index is 0.0891. The lowest BCUT2D eigenvalue weighted by Crippen LogP contribution is -2.27. The van der Waals surface area contributed by atoms with Crippen molar-refractivity contribution in [2.45, 2.75) is 6.54 Å². The Kier molecular flexibility index (Phi) is 4.55. The van der Waals surface area contributed by atoms with Crippen LogP contribution < -0.4 is 5.73 Å². The Balaban J connectivity index is 2.04. The Morgan fingerprint density at radius 3 is 2.83 bits per heavy atom. The summed E-state index contributed by atoms with van der Waals surface area (Å²) in [5.74, 6) is -0.545. The zero-order valence-electron chi connectivity index (χ0n) is 12.8. The van der Waals surface area contributed by atoms with Gasteiger partial charge in [-0.3, -0.25) is 14.5 Å². The molecule has 1 aromatic carbocycles. The van der Waals surface area contributed by atoms with Crippen LogP contribution in [0.1, 0.15) is 5.56 Å². The van der Waals surface area contributed by atoms with Crippen molar-refractivity contribution in [1.82, 2.24) is 9.47 Å². The number of aromatic nitrogens is 1. The first-order valence-electron chi connectivity index (χ1n) is 7.23. The third-order valence-electron chi connectivity index (χ3n) is 3.62. The van der Waals surface area contributed by atoms with Crippen LogP contribution in [-0.4, -0.2) is 32.1 Å². The van der Waals surface area contributed by atoms with E-state index in [9.17, 15) is 9.59 Å².